The van der Waals surface area contributed by atoms with Crippen LogP contribution in [-0.4, -0.2) is 30.1 Å². The molecule has 22 heavy (non-hydrogen) atoms. The summed E-state index contributed by atoms with van der Waals surface area (Å²) in [5, 5.41) is 4.63. The zero-order valence-corrected chi connectivity index (χ0v) is 14.3. The number of hydrogen-bond donors (Lipinski definition) is 2. The first-order valence-corrected chi connectivity index (χ1v) is 7.62. The van der Waals surface area contributed by atoms with E-state index in [1.807, 2.05) is 12.1 Å². The highest BCUT2D eigenvalue weighted by molar-refractivity contribution is 9.10. The molecule has 1 aromatic carbocycles. The highest BCUT2D eigenvalue weighted by Crippen LogP contribution is 2.11. The van der Waals surface area contributed by atoms with E-state index in [1.54, 1.807) is 26.0 Å². The van der Waals surface area contributed by atoms with Crippen molar-refractivity contribution in [3.05, 3.63) is 34.3 Å². The van der Waals surface area contributed by atoms with Crippen LogP contribution in [0.5, 0.6) is 0 Å². The van der Waals surface area contributed by atoms with E-state index in [-0.39, 0.29) is 12.5 Å². The summed E-state index contributed by atoms with van der Waals surface area (Å²) < 4.78 is 5.92. The number of carbonyl (C=O) groups excluding carboxylic acids is 3. The summed E-state index contributed by atoms with van der Waals surface area (Å²) in [6.07, 6.45) is -0.982. The summed E-state index contributed by atoms with van der Waals surface area (Å²) in [4.78, 5) is 34.9. The van der Waals surface area contributed by atoms with Crippen LogP contribution in [0.4, 0.5) is 4.79 Å². The van der Waals surface area contributed by atoms with Crippen LogP contribution in [0, 0.1) is 0 Å². The van der Waals surface area contributed by atoms with Crippen LogP contribution in [0.1, 0.15) is 26.3 Å². The largest absolute Gasteiger partial charge is 0.452 e. The summed E-state index contributed by atoms with van der Waals surface area (Å²) in [5.74, 6) is -1.20. The lowest BCUT2D eigenvalue weighted by Gasteiger charge is -2.14. The standard InChI is InChI=1S/C15H19BrN2O4/c1-9(2)17-15(21)18-14(20)10(3)22-13(19)8-11-4-6-12(16)7-5-11/h4-7,9-10H,8H2,1-3H3,(H2,17,18,20,21). The number of nitrogens with one attached hydrogen (secondary N) is 2. The van der Waals surface area contributed by atoms with E-state index in [0.717, 1.165) is 10.0 Å². The Morgan fingerprint density at radius 1 is 1.14 bits per heavy atom. The van der Waals surface area contributed by atoms with Crippen LogP contribution < -0.4 is 10.6 Å². The first-order valence-electron chi connectivity index (χ1n) is 6.83. The maximum absolute atomic E-state index is 11.8. The van der Waals surface area contributed by atoms with Gasteiger partial charge in [0.2, 0.25) is 0 Å². The topological polar surface area (TPSA) is 84.5 Å². The molecule has 0 fully saturated rings. The Morgan fingerprint density at radius 3 is 2.27 bits per heavy atom. The van der Waals surface area contributed by atoms with E-state index in [9.17, 15) is 14.4 Å². The van der Waals surface area contributed by atoms with E-state index in [2.05, 4.69) is 26.6 Å². The molecule has 0 spiro atoms. The van der Waals surface area contributed by atoms with Crippen molar-refractivity contribution in [2.24, 2.45) is 0 Å². The zero-order valence-electron chi connectivity index (χ0n) is 12.7. The summed E-state index contributed by atoms with van der Waals surface area (Å²) in [7, 11) is 0. The molecule has 120 valence electrons. The monoisotopic (exact) mass is 370 g/mol. The normalized spacial score (nSPS) is 11.7. The lowest BCUT2D eigenvalue weighted by Crippen LogP contribution is -2.46. The molecule has 0 aliphatic carbocycles. The fraction of sp³-hybridized carbons (Fsp3) is 0.400. The molecule has 1 unspecified atom stereocenters. The van der Waals surface area contributed by atoms with Gasteiger partial charge in [-0.15, -0.1) is 0 Å². The Bertz CT molecular complexity index is 543. The number of halogens is 1. The minimum absolute atomic E-state index is 0.0586. The predicted molar refractivity (Wildman–Crippen MR) is 85.2 cm³/mol. The van der Waals surface area contributed by atoms with Crippen LogP contribution in [0.25, 0.3) is 0 Å². The van der Waals surface area contributed by atoms with Crippen molar-refractivity contribution >= 4 is 33.8 Å². The molecule has 1 rings (SSSR count). The van der Waals surface area contributed by atoms with E-state index < -0.39 is 24.0 Å². The molecule has 1 atom stereocenters. The van der Waals surface area contributed by atoms with Gasteiger partial charge in [0.1, 0.15) is 0 Å². The van der Waals surface area contributed by atoms with Crippen LogP contribution in [0.2, 0.25) is 0 Å². The average molecular weight is 371 g/mol. The average Bonchev–Trinajstić information content (AvgIpc) is 2.40. The minimum atomic E-state index is -1.04. The van der Waals surface area contributed by atoms with Gasteiger partial charge >= 0.3 is 12.0 Å². The Kier molecular flexibility index (Phi) is 7.04. The molecule has 0 aliphatic rings. The molecular weight excluding hydrogens is 352 g/mol. The van der Waals surface area contributed by atoms with Gasteiger partial charge < -0.3 is 10.1 Å². The van der Waals surface area contributed by atoms with Gasteiger partial charge in [-0.05, 0) is 38.5 Å². The summed E-state index contributed by atoms with van der Waals surface area (Å²) in [5.41, 5.74) is 0.776. The second-order valence-corrected chi connectivity index (χ2v) is 5.97. The van der Waals surface area contributed by atoms with Crippen LogP contribution in [0.15, 0.2) is 28.7 Å². The van der Waals surface area contributed by atoms with Crippen molar-refractivity contribution in [1.82, 2.24) is 10.6 Å². The van der Waals surface area contributed by atoms with Crippen molar-refractivity contribution < 1.29 is 19.1 Å². The third-order valence-electron chi connectivity index (χ3n) is 2.60. The van der Waals surface area contributed by atoms with Gasteiger partial charge in [0.05, 0.1) is 6.42 Å². The fourth-order valence-electron chi connectivity index (χ4n) is 1.57. The molecule has 3 amide bonds. The minimum Gasteiger partial charge on any atom is -0.452 e. The molecule has 0 saturated carbocycles. The van der Waals surface area contributed by atoms with Gasteiger partial charge in [-0.3, -0.25) is 14.9 Å². The van der Waals surface area contributed by atoms with E-state index in [0.29, 0.717) is 0 Å². The van der Waals surface area contributed by atoms with Crippen molar-refractivity contribution in [3.8, 4) is 0 Å². The predicted octanol–water partition coefficient (Wildman–Crippen LogP) is 2.16. The van der Waals surface area contributed by atoms with Crippen LogP contribution >= 0.6 is 15.9 Å². The number of urea groups is 1. The van der Waals surface area contributed by atoms with Gasteiger partial charge in [-0.1, -0.05) is 28.1 Å². The molecule has 0 heterocycles. The van der Waals surface area contributed by atoms with Gasteiger partial charge in [0.15, 0.2) is 6.10 Å². The molecule has 6 nitrogen and oxygen atoms in total. The van der Waals surface area contributed by atoms with Gasteiger partial charge in [0, 0.05) is 10.5 Å². The molecule has 1 aromatic rings. The number of hydrogen-bond acceptors (Lipinski definition) is 4. The third-order valence-corrected chi connectivity index (χ3v) is 3.12. The Morgan fingerprint density at radius 2 is 1.73 bits per heavy atom. The number of imide groups is 1. The highest BCUT2D eigenvalue weighted by Gasteiger charge is 2.20. The van der Waals surface area contributed by atoms with Gasteiger partial charge in [-0.25, -0.2) is 4.79 Å². The second kappa shape index (κ2) is 8.53. The molecule has 0 bridgehead atoms. The van der Waals surface area contributed by atoms with E-state index in [1.165, 1.54) is 6.92 Å². The van der Waals surface area contributed by atoms with Crippen molar-refractivity contribution in [2.75, 3.05) is 0 Å². The number of benzene rings is 1. The number of rotatable bonds is 5. The molecule has 0 aromatic heterocycles. The molecule has 0 aliphatic heterocycles. The SMILES string of the molecule is CC(C)NC(=O)NC(=O)C(C)OC(=O)Cc1ccc(Br)cc1. The highest BCUT2D eigenvalue weighted by atomic mass is 79.9. The Labute approximate surface area is 137 Å². The third kappa shape index (κ3) is 6.71. The molecule has 7 heteroatoms. The summed E-state index contributed by atoms with van der Waals surface area (Å²) in [6.45, 7) is 4.95. The molecule has 0 radical (unpaired) electrons. The molecule has 2 N–H and O–H groups in total. The number of carbonyl (C=O) groups is 3. The lowest BCUT2D eigenvalue weighted by atomic mass is 10.1. The molecular formula is C15H19BrN2O4. The fourth-order valence-corrected chi connectivity index (χ4v) is 1.84. The quantitative estimate of drug-likeness (QED) is 0.777. The first kappa shape index (κ1) is 18.2. The van der Waals surface area contributed by atoms with Crippen molar-refractivity contribution in [2.45, 2.75) is 39.3 Å². The second-order valence-electron chi connectivity index (χ2n) is 5.05. The van der Waals surface area contributed by atoms with Gasteiger partial charge in [-0.2, -0.15) is 0 Å². The smallest absolute Gasteiger partial charge is 0.321 e. The zero-order chi connectivity index (χ0) is 16.7. The Balaban J connectivity index is 2.44. The summed E-state index contributed by atoms with van der Waals surface area (Å²) in [6, 6.07) is 6.49. The lowest BCUT2D eigenvalue weighted by molar-refractivity contribution is -0.153. The first-order chi connectivity index (χ1) is 10.3. The maximum atomic E-state index is 11.8. The van der Waals surface area contributed by atoms with Crippen LogP contribution in [0.3, 0.4) is 0 Å². The van der Waals surface area contributed by atoms with E-state index in [4.69, 9.17) is 4.74 Å². The Hall–Kier alpha value is -1.89. The number of esters is 1. The van der Waals surface area contributed by atoms with Crippen molar-refractivity contribution in [1.29, 1.82) is 0 Å². The van der Waals surface area contributed by atoms with E-state index >= 15 is 0 Å². The molecule has 0 saturated heterocycles. The number of ether oxygens (including phenoxy) is 1. The van der Waals surface area contributed by atoms with Crippen molar-refractivity contribution in [3.63, 3.8) is 0 Å². The maximum Gasteiger partial charge on any atom is 0.321 e. The van der Waals surface area contributed by atoms with Gasteiger partial charge in [0.25, 0.3) is 5.91 Å². The van der Waals surface area contributed by atoms with Crippen LogP contribution in [-0.2, 0) is 20.7 Å². The summed E-state index contributed by atoms with van der Waals surface area (Å²) >= 11 is 3.30. The number of amides is 3.